The van der Waals surface area contributed by atoms with Crippen molar-refractivity contribution in [3.05, 3.63) is 73.5 Å². The van der Waals surface area contributed by atoms with Crippen LogP contribution in [-0.2, 0) is 10.0 Å². The van der Waals surface area contributed by atoms with Crippen LogP contribution in [0.15, 0.2) is 56.9 Å². The minimum Gasteiger partial charge on any atom is -0.504 e. The van der Waals surface area contributed by atoms with Gasteiger partial charge < -0.3 is 15.7 Å². The van der Waals surface area contributed by atoms with E-state index in [1.165, 1.54) is 26.2 Å². The van der Waals surface area contributed by atoms with Crippen molar-refractivity contribution < 1.29 is 13.5 Å². The van der Waals surface area contributed by atoms with E-state index in [2.05, 4.69) is 10.6 Å². The number of halogens is 1. The summed E-state index contributed by atoms with van der Waals surface area (Å²) in [5, 5.41) is 16.4. The maximum atomic E-state index is 12.6. The molecule has 3 rings (SSSR count). The molecule has 0 heterocycles. The number of hydrogen-bond acceptors (Lipinski definition) is 7. The van der Waals surface area contributed by atoms with Crippen molar-refractivity contribution in [3.63, 3.8) is 0 Å². The first-order valence-electron chi connectivity index (χ1n) is 10.1. The minimum atomic E-state index is -4.07. The Balaban J connectivity index is 2.03. The predicted octanol–water partition coefficient (Wildman–Crippen LogP) is 3.83. The second kappa shape index (κ2) is 8.81. The van der Waals surface area contributed by atoms with Gasteiger partial charge in [0.15, 0.2) is 5.75 Å². The molecule has 0 radical (unpaired) electrons. The van der Waals surface area contributed by atoms with E-state index in [9.17, 15) is 23.1 Å². The highest BCUT2D eigenvalue weighted by Crippen LogP contribution is 2.41. The molecule has 1 atom stereocenters. The van der Waals surface area contributed by atoms with Gasteiger partial charge in [0.05, 0.1) is 16.8 Å². The summed E-state index contributed by atoms with van der Waals surface area (Å²) in [6, 6.07) is 11.8. The van der Waals surface area contributed by atoms with Crippen LogP contribution in [-0.4, -0.2) is 31.9 Å². The Bertz CT molecular complexity index is 1360. The van der Waals surface area contributed by atoms with Gasteiger partial charge in [0.2, 0.25) is 10.0 Å². The second-order valence-electron chi connectivity index (χ2n) is 8.95. The Labute approximate surface area is 197 Å². The summed E-state index contributed by atoms with van der Waals surface area (Å²) in [5.41, 5.74) is -0.916. The third kappa shape index (κ3) is 4.62. The van der Waals surface area contributed by atoms with E-state index < -0.39 is 31.5 Å². The molecule has 0 unspecified atom stereocenters. The average Bonchev–Trinajstić information content (AvgIpc) is 2.73. The van der Waals surface area contributed by atoms with Crippen LogP contribution in [0.4, 0.5) is 17.1 Å². The minimum absolute atomic E-state index is 0.0593. The van der Waals surface area contributed by atoms with Crippen LogP contribution in [0.2, 0.25) is 5.02 Å². The molecule has 0 aliphatic carbocycles. The first kappa shape index (κ1) is 24.8. The first-order valence-corrected chi connectivity index (χ1v) is 11.9. The van der Waals surface area contributed by atoms with Gasteiger partial charge in [-0.1, -0.05) is 62.7 Å². The lowest BCUT2D eigenvalue weighted by Crippen LogP contribution is -2.39. The van der Waals surface area contributed by atoms with Gasteiger partial charge in [0.1, 0.15) is 16.3 Å². The Hall–Kier alpha value is -2.88. The number of benzene rings is 2. The molecule has 0 bridgehead atoms. The highest BCUT2D eigenvalue weighted by molar-refractivity contribution is 7.89. The molecule has 3 N–H and O–H groups in total. The molecule has 0 saturated heterocycles. The zero-order valence-corrected chi connectivity index (χ0v) is 20.5. The first-order chi connectivity index (χ1) is 15.3. The van der Waals surface area contributed by atoms with Crippen LogP contribution >= 0.6 is 11.6 Å². The number of nitrogens with zero attached hydrogens (tertiary/aromatic N) is 1. The maximum Gasteiger partial charge on any atom is 0.253 e. The lowest BCUT2D eigenvalue weighted by molar-refractivity contribution is 0.347. The Kier molecular flexibility index (Phi) is 6.61. The van der Waals surface area contributed by atoms with Crippen molar-refractivity contribution >= 4 is 38.7 Å². The van der Waals surface area contributed by atoms with Gasteiger partial charge in [-0.05, 0) is 23.1 Å². The summed E-state index contributed by atoms with van der Waals surface area (Å²) in [6.07, 6.45) is 0. The molecule has 0 aliphatic rings. The van der Waals surface area contributed by atoms with Crippen molar-refractivity contribution in [2.24, 2.45) is 5.41 Å². The molecule has 0 spiro atoms. The lowest BCUT2D eigenvalue weighted by atomic mass is 9.82. The fourth-order valence-electron chi connectivity index (χ4n) is 3.45. The molecule has 0 fully saturated rings. The quantitative estimate of drug-likeness (QED) is 0.339. The van der Waals surface area contributed by atoms with Gasteiger partial charge >= 0.3 is 0 Å². The van der Waals surface area contributed by atoms with E-state index in [1.54, 1.807) is 0 Å². The van der Waals surface area contributed by atoms with E-state index in [1.807, 2.05) is 51.1 Å². The van der Waals surface area contributed by atoms with Gasteiger partial charge in [-0.25, -0.2) is 12.7 Å². The van der Waals surface area contributed by atoms with Crippen LogP contribution in [0.3, 0.4) is 0 Å². The summed E-state index contributed by atoms with van der Waals surface area (Å²) in [7, 11) is -1.46. The third-order valence-corrected chi connectivity index (χ3v) is 7.60. The van der Waals surface area contributed by atoms with Crippen molar-refractivity contribution in [3.8, 4) is 5.75 Å². The molecule has 3 aromatic carbocycles. The molecule has 3 aromatic rings. The molecule has 10 heteroatoms. The van der Waals surface area contributed by atoms with Gasteiger partial charge in [0.25, 0.3) is 10.9 Å². The van der Waals surface area contributed by atoms with Gasteiger partial charge in [-0.2, -0.15) is 0 Å². The Morgan fingerprint density at radius 1 is 0.970 bits per heavy atom. The summed E-state index contributed by atoms with van der Waals surface area (Å²) >= 11 is 6.04. The molecular formula is C23H26ClN3O5S. The van der Waals surface area contributed by atoms with Crippen molar-refractivity contribution in [1.29, 1.82) is 0 Å². The monoisotopic (exact) mass is 491 g/mol. The zero-order chi connectivity index (χ0) is 24.7. The van der Waals surface area contributed by atoms with E-state index in [-0.39, 0.29) is 33.5 Å². The van der Waals surface area contributed by atoms with Crippen molar-refractivity contribution in [2.45, 2.75) is 31.7 Å². The smallest absolute Gasteiger partial charge is 0.253 e. The second-order valence-corrected chi connectivity index (χ2v) is 11.4. The normalized spacial score (nSPS) is 13.3. The SMILES string of the molecule is CN(C)S(=O)(=O)c1c(Cl)ccc(Nc2c(N[C@H](c3ccccc3)C(C)(C)C)c(=O)c2=O)c1O. The van der Waals surface area contributed by atoms with E-state index >= 15 is 0 Å². The third-order valence-electron chi connectivity index (χ3n) is 5.28. The number of aromatic hydroxyl groups is 1. The molecule has 0 aliphatic heterocycles. The van der Waals surface area contributed by atoms with Gasteiger partial charge in [-0.15, -0.1) is 0 Å². The van der Waals surface area contributed by atoms with Gasteiger partial charge in [0, 0.05) is 14.1 Å². The summed E-state index contributed by atoms with van der Waals surface area (Å²) in [4.78, 5) is 24.3. The standard InChI is InChI=1S/C23H26ClN3O5S/c1-23(2,3)22(13-9-7-6-8-10-13)26-17-16(19(29)20(17)30)25-15-12-11-14(24)21(18(15)28)33(31,32)27(4)5/h6-12,22,25-26,28H,1-5H3/t22-/m1/s1. The molecule has 8 nitrogen and oxygen atoms in total. The molecule has 0 saturated carbocycles. The highest BCUT2D eigenvalue weighted by atomic mass is 35.5. The molecular weight excluding hydrogens is 466 g/mol. The summed E-state index contributed by atoms with van der Waals surface area (Å²) < 4.78 is 26.1. The molecule has 0 aromatic heterocycles. The predicted molar refractivity (Wildman–Crippen MR) is 131 cm³/mol. The Morgan fingerprint density at radius 3 is 2.09 bits per heavy atom. The van der Waals surface area contributed by atoms with Crippen LogP contribution in [0, 0.1) is 5.41 Å². The number of nitrogens with one attached hydrogen (secondary N) is 2. The van der Waals surface area contributed by atoms with E-state index in [0.717, 1.165) is 9.87 Å². The topological polar surface area (TPSA) is 116 Å². The fraction of sp³-hybridized carbons (Fsp3) is 0.304. The van der Waals surface area contributed by atoms with Crippen LogP contribution in [0.5, 0.6) is 5.75 Å². The number of anilines is 3. The Morgan fingerprint density at radius 2 is 1.55 bits per heavy atom. The summed E-state index contributed by atoms with van der Waals surface area (Å²) in [6.45, 7) is 6.00. The van der Waals surface area contributed by atoms with Gasteiger partial charge in [-0.3, -0.25) is 9.59 Å². The number of phenolic OH excluding ortho intramolecular Hbond substituents is 1. The van der Waals surface area contributed by atoms with Crippen LogP contribution in [0.1, 0.15) is 32.4 Å². The zero-order valence-electron chi connectivity index (χ0n) is 18.9. The highest BCUT2D eigenvalue weighted by Gasteiger charge is 2.32. The molecule has 176 valence electrons. The summed E-state index contributed by atoms with van der Waals surface area (Å²) in [5.74, 6) is -0.648. The fourth-order valence-corrected chi connectivity index (χ4v) is 4.93. The maximum absolute atomic E-state index is 12.6. The van der Waals surface area contributed by atoms with Crippen molar-refractivity contribution in [2.75, 3.05) is 24.7 Å². The van der Waals surface area contributed by atoms with Crippen LogP contribution in [0.25, 0.3) is 0 Å². The van der Waals surface area contributed by atoms with E-state index in [4.69, 9.17) is 11.6 Å². The lowest BCUT2D eigenvalue weighted by Gasteiger charge is -2.33. The number of sulfonamides is 1. The molecule has 0 amide bonds. The average molecular weight is 492 g/mol. The number of rotatable bonds is 7. The van der Waals surface area contributed by atoms with Crippen LogP contribution < -0.4 is 21.5 Å². The number of hydrogen-bond donors (Lipinski definition) is 3. The largest absolute Gasteiger partial charge is 0.504 e. The molecule has 33 heavy (non-hydrogen) atoms. The van der Waals surface area contributed by atoms with E-state index in [0.29, 0.717) is 0 Å². The van der Waals surface area contributed by atoms with Crippen molar-refractivity contribution in [1.82, 2.24) is 4.31 Å². The number of phenols is 1.